The Morgan fingerprint density at radius 2 is 1.17 bits per heavy atom. The maximum atomic E-state index is 12.9. The Morgan fingerprint density at radius 3 is 1.63 bits per heavy atom. The van der Waals surface area contributed by atoms with Gasteiger partial charge in [0.2, 0.25) is 5.91 Å². The van der Waals surface area contributed by atoms with E-state index in [2.05, 4.69) is 77.7 Å². The Kier molecular flexibility index (Phi) is 9.74. The van der Waals surface area contributed by atoms with Gasteiger partial charge in [-0.15, -0.1) is 0 Å². The number of nitrogens with zero attached hydrogens (tertiary/aromatic N) is 2. The highest BCUT2D eigenvalue weighted by atomic mass is 16.5. The van der Waals surface area contributed by atoms with Crippen molar-refractivity contribution < 1.29 is 14.3 Å². The first-order chi connectivity index (χ1) is 20.2. The van der Waals surface area contributed by atoms with E-state index in [1.165, 1.54) is 11.1 Å². The Labute approximate surface area is 243 Å². The van der Waals surface area contributed by atoms with Gasteiger partial charge < -0.3 is 14.4 Å². The molecule has 4 aromatic rings. The van der Waals surface area contributed by atoms with Gasteiger partial charge >= 0.3 is 0 Å². The maximum absolute atomic E-state index is 12.9. The van der Waals surface area contributed by atoms with E-state index in [9.17, 15) is 9.59 Å². The molecule has 0 radical (unpaired) electrons. The summed E-state index contributed by atoms with van der Waals surface area (Å²) in [6.45, 7) is 3.44. The van der Waals surface area contributed by atoms with Crippen LogP contribution in [-0.2, 0) is 19.7 Å². The monoisotopic (exact) mass is 546 g/mol. The normalized spacial score (nSPS) is 18.5. The topological polar surface area (TPSA) is 49.9 Å². The molecule has 0 aromatic heterocycles. The van der Waals surface area contributed by atoms with Gasteiger partial charge in [-0.3, -0.25) is 9.69 Å². The fourth-order valence-electron chi connectivity index (χ4n) is 6.15. The summed E-state index contributed by atoms with van der Waals surface area (Å²) in [6.07, 6.45) is 2.86. The van der Waals surface area contributed by atoms with Gasteiger partial charge in [-0.2, -0.15) is 0 Å². The number of amides is 1. The van der Waals surface area contributed by atoms with Gasteiger partial charge in [0.05, 0.1) is 25.8 Å². The molecule has 1 amide bonds. The first kappa shape index (κ1) is 28.5. The molecule has 1 unspecified atom stereocenters. The van der Waals surface area contributed by atoms with Gasteiger partial charge in [-0.25, -0.2) is 0 Å². The van der Waals surface area contributed by atoms with Crippen LogP contribution in [0.5, 0.6) is 0 Å². The van der Waals surface area contributed by atoms with E-state index in [0.717, 1.165) is 36.8 Å². The molecule has 0 saturated carbocycles. The number of benzene rings is 4. The minimum absolute atomic E-state index is 0.0806. The summed E-state index contributed by atoms with van der Waals surface area (Å²) in [5, 5.41) is 0. The molecule has 2 saturated heterocycles. The van der Waals surface area contributed by atoms with E-state index < -0.39 is 5.41 Å². The number of aldehydes is 1. The summed E-state index contributed by atoms with van der Waals surface area (Å²) in [4.78, 5) is 29.4. The van der Waals surface area contributed by atoms with E-state index in [0.29, 0.717) is 26.3 Å². The molecule has 41 heavy (non-hydrogen) atoms. The molecule has 5 nitrogen and oxygen atoms in total. The highest BCUT2D eigenvalue weighted by molar-refractivity contribution is 5.79. The fourth-order valence-corrected chi connectivity index (χ4v) is 6.15. The van der Waals surface area contributed by atoms with Crippen molar-refractivity contribution >= 4 is 12.2 Å². The second kappa shape index (κ2) is 14.0. The van der Waals surface area contributed by atoms with Crippen LogP contribution in [0, 0.1) is 0 Å². The Hall–Kier alpha value is -4.06. The number of carbonyl (C=O) groups is 2. The summed E-state index contributed by atoms with van der Waals surface area (Å²) in [5.74, 6) is 0.0806. The minimum atomic E-state index is -0.451. The van der Waals surface area contributed by atoms with Crippen molar-refractivity contribution in [2.45, 2.75) is 24.3 Å². The molecule has 2 aliphatic rings. The number of likely N-dealkylation sites (tertiary alicyclic amines) is 1. The lowest BCUT2D eigenvalue weighted by molar-refractivity contribution is -0.138. The van der Waals surface area contributed by atoms with Crippen LogP contribution in [0.15, 0.2) is 121 Å². The predicted octanol–water partition coefficient (Wildman–Crippen LogP) is 5.85. The van der Waals surface area contributed by atoms with Crippen LogP contribution in [0.25, 0.3) is 11.1 Å². The summed E-state index contributed by atoms with van der Waals surface area (Å²) in [5.41, 5.74) is 4.36. The van der Waals surface area contributed by atoms with Crippen LogP contribution in [-0.4, -0.2) is 67.4 Å². The lowest BCUT2D eigenvalue weighted by atomic mass is 9.64. The van der Waals surface area contributed by atoms with Crippen molar-refractivity contribution in [3.05, 3.63) is 132 Å². The summed E-state index contributed by atoms with van der Waals surface area (Å²) >= 11 is 0. The number of carbonyl (C=O) groups excluding carboxylic acids is 2. The van der Waals surface area contributed by atoms with Crippen LogP contribution in [0.2, 0.25) is 0 Å². The number of hydrogen-bond donors (Lipinski definition) is 0. The van der Waals surface area contributed by atoms with Gasteiger partial charge in [-0.05, 0) is 41.6 Å². The summed E-state index contributed by atoms with van der Waals surface area (Å²) < 4.78 is 5.37. The zero-order valence-corrected chi connectivity index (χ0v) is 23.5. The number of rotatable bonds is 6. The third-order valence-electron chi connectivity index (χ3n) is 8.20. The van der Waals surface area contributed by atoms with Crippen molar-refractivity contribution in [3.63, 3.8) is 0 Å². The average Bonchev–Trinajstić information content (AvgIpc) is 3.07. The molecule has 5 heteroatoms. The van der Waals surface area contributed by atoms with Gasteiger partial charge in [0.15, 0.2) is 0 Å². The standard InChI is InChI=1S/C24H28N2O3.C12H10/c27-19-22-24(20-8-3-1-4-9-20,21-10-5-2-6-11-21)12-7-13-26(22)18-23(28)25-14-16-29-17-15-25;1-3-7-11(8-4-1)12-9-5-2-6-10-12/h1-6,8-11,19,22H,7,12-18H2;1-10H. The van der Waals surface area contributed by atoms with Crippen molar-refractivity contribution in [1.29, 1.82) is 0 Å². The summed E-state index contributed by atoms with van der Waals surface area (Å²) in [6, 6.07) is 40.9. The van der Waals surface area contributed by atoms with Crippen molar-refractivity contribution in [2.75, 3.05) is 39.4 Å². The van der Waals surface area contributed by atoms with Crippen molar-refractivity contribution in [1.82, 2.24) is 9.80 Å². The fraction of sp³-hybridized carbons (Fsp3) is 0.278. The van der Waals surface area contributed by atoms with Crippen molar-refractivity contribution in [3.8, 4) is 11.1 Å². The SMILES string of the molecule is O=CC1N(CC(=O)N2CCOCC2)CCCC1(c1ccccc1)c1ccccc1.c1ccc(-c2ccccc2)cc1. The van der Waals surface area contributed by atoms with E-state index >= 15 is 0 Å². The predicted molar refractivity (Wildman–Crippen MR) is 164 cm³/mol. The molecule has 0 aliphatic carbocycles. The molecule has 0 bridgehead atoms. The molecule has 210 valence electrons. The smallest absolute Gasteiger partial charge is 0.236 e. The first-order valence-corrected chi connectivity index (χ1v) is 14.5. The zero-order chi connectivity index (χ0) is 28.3. The molecule has 1 atom stereocenters. The maximum Gasteiger partial charge on any atom is 0.236 e. The summed E-state index contributed by atoms with van der Waals surface area (Å²) in [7, 11) is 0. The number of piperidine rings is 1. The van der Waals surface area contributed by atoms with Gasteiger partial charge in [0.1, 0.15) is 6.29 Å². The van der Waals surface area contributed by atoms with Crippen LogP contribution in [0.3, 0.4) is 0 Å². The lowest BCUT2D eigenvalue weighted by Gasteiger charge is -2.48. The lowest BCUT2D eigenvalue weighted by Crippen LogP contribution is -2.59. The Bertz CT molecular complexity index is 1280. The molecule has 6 rings (SSSR count). The van der Waals surface area contributed by atoms with E-state index in [4.69, 9.17) is 4.74 Å². The van der Waals surface area contributed by atoms with Crippen molar-refractivity contribution in [2.24, 2.45) is 0 Å². The number of hydrogen-bond acceptors (Lipinski definition) is 4. The molecule has 2 aliphatic heterocycles. The first-order valence-electron chi connectivity index (χ1n) is 14.5. The second-order valence-electron chi connectivity index (χ2n) is 10.6. The number of morpholine rings is 1. The van der Waals surface area contributed by atoms with Gasteiger partial charge in [-0.1, -0.05) is 121 Å². The molecule has 0 N–H and O–H groups in total. The highest BCUT2D eigenvalue weighted by Gasteiger charge is 2.47. The third kappa shape index (κ3) is 6.64. The molecule has 2 heterocycles. The minimum Gasteiger partial charge on any atom is -0.378 e. The van der Waals surface area contributed by atoms with E-state index in [1.807, 2.05) is 53.4 Å². The third-order valence-corrected chi connectivity index (χ3v) is 8.20. The van der Waals surface area contributed by atoms with Crippen LogP contribution in [0.1, 0.15) is 24.0 Å². The highest BCUT2D eigenvalue weighted by Crippen LogP contribution is 2.44. The molecular weight excluding hydrogens is 508 g/mol. The second-order valence-corrected chi connectivity index (χ2v) is 10.6. The molecular formula is C36H38N2O3. The van der Waals surface area contributed by atoms with Crippen LogP contribution in [0.4, 0.5) is 0 Å². The Balaban J connectivity index is 0.000000234. The zero-order valence-electron chi connectivity index (χ0n) is 23.5. The van der Waals surface area contributed by atoms with Gasteiger partial charge in [0, 0.05) is 18.5 Å². The van der Waals surface area contributed by atoms with E-state index in [-0.39, 0.29) is 18.5 Å². The Morgan fingerprint density at radius 1 is 0.707 bits per heavy atom. The number of ether oxygens (including phenoxy) is 1. The quantitative estimate of drug-likeness (QED) is 0.285. The van der Waals surface area contributed by atoms with E-state index in [1.54, 1.807) is 0 Å². The molecule has 2 fully saturated rings. The average molecular weight is 547 g/mol. The molecule has 0 spiro atoms. The van der Waals surface area contributed by atoms with Crippen LogP contribution < -0.4 is 0 Å². The largest absolute Gasteiger partial charge is 0.378 e. The van der Waals surface area contributed by atoms with Crippen LogP contribution >= 0.6 is 0 Å². The van der Waals surface area contributed by atoms with Gasteiger partial charge in [0.25, 0.3) is 0 Å². The molecule has 4 aromatic carbocycles.